The summed E-state index contributed by atoms with van der Waals surface area (Å²) in [5.41, 5.74) is 1.44. The SMILES string of the molecule is C#CC(CC1CCCNC1)Oc1ccc(C2CCC3CCCCN32)cc1. The molecule has 0 aromatic heterocycles. The minimum atomic E-state index is -0.122. The fourth-order valence-electron chi connectivity index (χ4n) is 5.13. The normalized spacial score (nSPS) is 30.3. The lowest BCUT2D eigenvalue weighted by atomic mass is 9.93. The summed E-state index contributed by atoms with van der Waals surface area (Å²) < 4.78 is 6.11. The van der Waals surface area contributed by atoms with Crippen molar-refractivity contribution in [2.45, 2.75) is 69.6 Å². The molecule has 4 rings (SSSR count). The largest absolute Gasteiger partial charge is 0.478 e. The van der Waals surface area contributed by atoms with Gasteiger partial charge in [0.2, 0.25) is 0 Å². The van der Waals surface area contributed by atoms with Crippen LogP contribution in [0.15, 0.2) is 24.3 Å². The van der Waals surface area contributed by atoms with Crippen molar-refractivity contribution in [3.05, 3.63) is 29.8 Å². The van der Waals surface area contributed by atoms with Crippen molar-refractivity contribution in [3.63, 3.8) is 0 Å². The second kappa shape index (κ2) is 8.46. The van der Waals surface area contributed by atoms with E-state index in [1.807, 2.05) is 0 Å². The van der Waals surface area contributed by atoms with E-state index in [4.69, 9.17) is 11.2 Å². The molecule has 4 atom stereocenters. The third-order valence-corrected chi connectivity index (χ3v) is 6.52. The predicted molar refractivity (Wildman–Crippen MR) is 106 cm³/mol. The summed E-state index contributed by atoms with van der Waals surface area (Å²) in [6.45, 7) is 3.47. The number of nitrogens with zero attached hydrogens (tertiary/aromatic N) is 1. The molecule has 4 unspecified atom stereocenters. The summed E-state index contributed by atoms with van der Waals surface area (Å²) >= 11 is 0. The summed E-state index contributed by atoms with van der Waals surface area (Å²) in [6, 6.07) is 10.2. The maximum absolute atomic E-state index is 6.11. The van der Waals surface area contributed by atoms with Gasteiger partial charge in [0.05, 0.1) is 0 Å². The topological polar surface area (TPSA) is 24.5 Å². The smallest absolute Gasteiger partial charge is 0.159 e. The lowest BCUT2D eigenvalue weighted by Crippen LogP contribution is -2.35. The van der Waals surface area contributed by atoms with E-state index in [0.29, 0.717) is 12.0 Å². The molecule has 140 valence electrons. The number of hydrogen-bond donors (Lipinski definition) is 1. The quantitative estimate of drug-likeness (QED) is 0.806. The van der Waals surface area contributed by atoms with Gasteiger partial charge in [-0.05, 0) is 88.2 Å². The van der Waals surface area contributed by atoms with Crippen molar-refractivity contribution in [1.29, 1.82) is 0 Å². The Kier molecular flexibility index (Phi) is 5.82. The van der Waals surface area contributed by atoms with Gasteiger partial charge in [-0.2, -0.15) is 0 Å². The molecule has 26 heavy (non-hydrogen) atoms. The highest BCUT2D eigenvalue weighted by Crippen LogP contribution is 2.40. The number of hydrogen-bond acceptors (Lipinski definition) is 3. The molecule has 3 saturated heterocycles. The van der Waals surface area contributed by atoms with Gasteiger partial charge in [0.1, 0.15) is 5.75 Å². The molecular weight excluding hydrogens is 320 g/mol. The van der Waals surface area contributed by atoms with E-state index < -0.39 is 0 Å². The van der Waals surface area contributed by atoms with Gasteiger partial charge in [0.25, 0.3) is 0 Å². The Bertz CT molecular complexity index is 614. The number of piperidine rings is 2. The molecule has 3 fully saturated rings. The van der Waals surface area contributed by atoms with Gasteiger partial charge >= 0.3 is 0 Å². The molecule has 0 radical (unpaired) electrons. The number of benzene rings is 1. The molecule has 3 nitrogen and oxygen atoms in total. The highest BCUT2D eigenvalue weighted by molar-refractivity contribution is 5.30. The first kappa shape index (κ1) is 17.9. The van der Waals surface area contributed by atoms with Crippen LogP contribution >= 0.6 is 0 Å². The summed E-state index contributed by atoms with van der Waals surface area (Å²) in [5.74, 6) is 4.39. The van der Waals surface area contributed by atoms with Crippen LogP contribution in [0, 0.1) is 18.3 Å². The van der Waals surface area contributed by atoms with Gasteiger partial charge in [-0.3, -0.25) is 4.90 Å². The average molecular weight is 353 g/mol. The molecule has 1 aromatic carbocycles. The van der Waals surface area contributed by atoms with E-state index in [1.54, 1.807) is 0 Å². The highest BCUT2D eigenvalue weighted by Gasteiger charge is 2.35. The molecule has 0 aliphatic carbocycles. The summed E-state index contributed by atoms with van der Waals surface area (Å²) in [6.07, 6.45) is 15.9. The summed E-state index contributed by atoms with van der Waals surface area (Å²) in [5, 5.41) is 3.46. The van der Waals surface area contributed by atoms with Crippen LogP contribution in [0.3, 0.4) is 0 Å². The number of terminal acetylenes is 1. The minimum absolute atomic E-state index is 0.122. The predicted octanol–water partition coefficient (Wildman–Crippen LogP) is 4.15. The van der Waals surface area contributed by atoms with Gasteiger partial charge in [-0.25, -0.2) is 0 Å². The standard InChI is InChI=1S/C23H32N2O/c1-2-21(16-18-6-5-14-24-17-18)26-22-11-8-19(9-12-22)23-13-10-20-7-3-4-15-25(20)23/h1,8-9,11-12,18,20-21,23-24H,3-7,10,13-17H2. The van der Waals surface area contributed by atoms with Gasteiger partial charge < -0.3 is 10.1 Å². The first-order valence-electron chi connectivity index (χ1n) is 10.5. The van der Waals surface area contributed by atoms with Gasteiger partial charge in [0, 0.05) is 12.1 Å². The third kappa shape index (κ3) is 4.08. The second-order valence-electron chi connectivity index (χ2n) is 8.27. The molecule has 0 amide bonds. The van der Waals surface area contributed by atoms with Crippen molar-refractivity contribution in [2.75, 3.05) is 19.6 Å². The van der Waals surface area contributed by atoms with Crippen LogP contribution in [0.2, 0.25) is 0 Å². The molecule has 0 spiro atoms. The molecule has 3 heterocycles. The maximum Gasteiger partial charge on any atom is 0.159 e. The summed E-state index contributed by atoms with van der Waals surface area (Å²) in [7, 11) is 0. The zero-order chi connectivity index (χ0) is 17.8. The number of fused-ring (bicyclic) bond motifs is 1. The minimum Gasteiger partial charge on any atom is -0.478 e. The molecule has 1 aromatic rings. The maximum atomic E-state index is 6.11. The second-order valence-corrected chi connectivity index (χ2v) is 8.27. The Morgan fingerprint density at radius 2 is 2.00 bits per heavy atom. The zero-order valence-electron chi connectivity index (χ0n) is 15.8. The molecule has 3 aliphatic rings. The molecular formula is C23H32N2O. The highest BCUT2D eigenvalue weighted by atomic mass is 16.5. The lowest BCUT2D eigenvalue weighted by molar-refractivity contribution is 0.150. The number of nitrogens with one attached hydrogen (secondary N) is 1. The van der Waals surface area contributed by atoms with Gasteiger partial charge in [0.15, 0.2) is 6.10 Å². The molecule has 3 aliphatic heterocycles. The first-order valence-corrected chi connectivity index (χ1v) is 10.5. The van der Waals surface area contributed by atoms with Gasteiger partial charge in [-0.1, -0.05) is 24.5 Å². The first-order chi connectivity index (χ1) is 12.8. The van der Waals surface area contributed by atoms with Crippen LogP contribution in [-0.2, 0) is 0 Å². The Balaban J connectivity index is 1.35. The van der Waals surface area contributed by atoms with Crippen molar-refractivity contribution in [2.24, 2.45) is 5.92 Å². The van der Waals surface area contributed by atoms with E-state index in [9.17, 15) is 0 Å². The third-order valence-electron chi connectivity index (χ3n) is 6.52. The van der Waals surface area contributed by atoms with Crippen LogP contribution in [0.1, 0.15) is 63.0 Å². The Morgan fingerprint density at radius 1 is 1.12 bits per heavy atom. The van der Waals surface area contributed by atoms with Crippen molar-refractivity contribution in [1.82, 2.24) is 10.2 Å². The Morgan fingerprint density at radius 3 is 2.77 bits per heavy atom. The van der Waals surface area contributed by atoms with Crippen LogP contribution in [-0.4, -0.2) is 36.7 Å². The van der Waals surface area contributed by atoms with Crippen LogP contribution in [0.4, 0.5) is 0 Å². The fraction of sp³-hybridized carbons (Fsp3) is 0.652. The fourth-order valence-corrected chi connectivity index (χ4v) is 5.13. The average Bonchev–Trinajstić information content (AvgIpc) is 3.13. The van der Waals surface area contributed by atoms with Crippen LogP contribution in [0.5, 0.6) is 5.75 Å². The molecule has 3 heteroatoms. The van der Waals surface area contributed by atoms with E-state index in [2.05, 4.69) is 40.4 Å². The van der Waals surface area contributed by atoms with Crippen molar-refractivity contribution >= 4 is 0 Å². The van der Waals surface area contributed by atoms with E-state index in [0.717, 1.165) is 31.3 Å². The van der Waals surface area contributed by atoms with E-state index in [-0.39, 0.29) is 6.10 Å². The summed E-state index contributed by atoms with van der Waals surface area (Å²) in [4.78, 5) is 2.74. The van der Waals surface area contributed by atoms with Crippen LogP contribution < -0.4 is 10.1 Å². The Hall–Kier alpha value is -1.50. The van der Waals surface area contributed by atoms with Crippen molar-refractivity contribution < 1.29 is 4.74 Å². The number of ether oxygens (including phenoxy) is 1. The van der Waals surface area contributed by atoms with Gasteiger partial charge in [-0.15, -0.1) is 6.42 Å². The van der Waals surface area contributed by atoms with Crippen molar-refractivity contribution in [3.8, 4) is 18.1 Å². The monoisotopic (exact) mass is 352 g/mol. The molecule has 0 bridgehead atoms. The van der Waals surface area contributed by atoms with E-state index >= 15 is 0 Å². The van der Waals surface area contributed by atoms with E-state index in [1.165, 1.54) is 57.1 Å². The number of rotatable bonds is 5. The Labute approximate surface area is 158 Å². The zero-order valence-corrected chi connectivity index (χ0v) is 15.8. The van der Waals surface area contributed by atoms with Crippen LogP contribution in [0.25, 0.3) is 0 Å². The molecule has 1 N–H and O–H groups in total. The lowest BCUT2D eigenvalue weighted by Gasteiger charge is -2.34. The molecule has 0 saturated carbocycles.